The average Bonchev–Trinajstić information content (AvgIpc) is 3.12. The minimum atomic E-state index is -0.636. The van der Waals surface area contributed by atoms with Crippen molar-refractivity contribution < 1.29 is 13.9 Å². The summed E-state index contributed by atoms with van der Waals surface area (Å²) in [4.78, 5) is 4.26. The van der Waals surface area contributed by atoms with Crippen molar-refractivity contribution in [2.45, 2.75) is 43.9 Å². The first-order valence-electron chi connectivity index (χ1n) is 10.1. The molecule has 1 aliphatic heterocycles. The summed E-state index contributed by atoms with van der Waals surface area (Å²) in [5, 5.41) is 4.76. The zero-order valence-corrected chi connectivity index (χ0v) is 18.3. The number of nitrogens with two attached hydrogens (primary N) is 1. The van der Waals surface area contributed by atoms with Gasteiger partial charge in [-0.3, -0.25) is 4.68 Å². The van der Waals surface area contributed by atoms with Crippen LogP contribution in [0.2, 0.25) is 10.0 Å². The molecule has 1 saturated heterocycles. The molecule has 31 heavy (non-hydrogen) atoms. The summed E-state index contributed by atoms with van der Waals surface area (Å²) in [6.45, 7) is 2.41. The predicted octanol–water partition coefficient (Wildman–Crippen LogP) is 5.61. The molecular formula is C22H21Cl2FN4O2. The van der Waals surface area contributed by atoms with Crippen LogP contribution in [-0.4, -0.2) is 27.0 Å². The molecule has 2 fully saturated rings. The molecule has 0 radical (unpaired) electrons. The third-order valence-electron chi connectivity index (χ3n) is 5.98. The van der Waals surface area contributed by atoms with Crippen LogP contribution in [0.25, 0.3) is 11.1 Å². The molecule has 0 bridgehead atoms. The lowest BCUT2D eigenvalue weighted by Gasteiger charge is -2.19. The number of nitrogen functional groups attached to an aromatic ring is 1. The Morgan fingerprint density at radius 1 is 1.29 bits per heavy atom. The minimum absolute atomic E-state index is 0.0730. The summed E-state index contributed by atoms with van der Waals surface area (Å²) in [6.07, 6.45) is 8.08. The number of hydrogen-bond donors (Lipinski definition) is 1. The quantitative estimate of drug-likeness (QED) is 0.498. The van der Waals surface area contributed by atoms with Gasteiger partial charge >= 0.3 is 0 Å². The summed E-state index contributed by atoms with van der Waals surface area (Å²) in [5.74, 6) is 0.00874. The van der Waals surface area contributed by atoms with E-state index in [1.165, 1.54) is 12.1 Å². The number of pyridine rings is 1. The van der Waals surface area contributed by atoms with E-state index in [1.54, 1.807) is 25.4 Å². The van der Waals surface area contributed by atoms with Crippen molar-refractivity contribution in [1.29, 1.82) is 0 Å². The maximum atomic E-state index is 13.9. The van der Waals surface area contributed by atoms with Crippen molar-refractivity contribution in [2.24, 2.45) is 0 Å². The molecule has 1 spiro atoms. The van der Waals surface area contributed by atoms with Gasteiger partial charge in [0.25, 0.3) is 0 Å². The summed E-state index contributed by atoms with van der Waals surface area (Å²) in [7, 11) is 0. The molecule has 2 N–H and O–H groups in total. The Morgan fingerprint density at radius 3 is 2.84 bits per heavy atom. The largest absolute Gasteiger partial charge is 0.482 e. The fraction of sp³-hybridized carbons (Fsp3) is 0.364. The lowest BCUT2D eigenvalue weighted by molar-refractivity contribution is 0.0872. The highest BCUT2D eigenvalue weighted by atomic mass is 35.5. The van der Waals surface area contributed by atoms with Gasteiger partial charge in [-0.15, -0.1) is 0 Å². The van der Waals surface area contributed by atoms with Crippen LogP contribution in [0.3, 0.4) is 0 Å². The number of benzene rings is 1. The first-order chi connectivity index (χ1) is 14.8. The SMILES string of the molecule is C[C@@H](Oc1cc(-c2cnn(C3COC4(CC4)C3)c2)cnc1N)c1c(Cl)ccc(F)c1Cl. The highest BCUT2D eigenvalue weighted by Crippen LogP contribution is 2.50. The van der Waals surface area contributed by atoms with Crippen LogP contribution >= 0.6 is 23.2 Å². The maximum absolute atomic E-state index is 13.9. The van der Waals surface area contributed by atoms with Crippen LogP contribution < -0.4 is 10.5 Å². The van der Waals surface area contributed by atoms with E-state index in [9.17, 15) is 4.39 Å². The lowest BCUT2D eigenvalue weighted by atomic mass is 10.1. The van der Waals surface area contributed by atoms with Gasteiger partial charge < -0.3 is 15.2 Å². The first-order valence-corrected chi connectivity index (χ1v) is 10.8. The third kappa shape index (κ3) is 3.86. The van der Waals surface area contributed by atoms with E-state index in [4.69, 9.17) is 38.4 Å². The zero-order valence-electron chi connectivity index (χ0n) is 16.8. The molecule has 162 valence electrons. The molecule has 1 unspecified atom stereocenters. The number of halogens is 3. The van der Waals surface area contributed by atoms with Gasteiger partial charge in [-0.2, -0.15) is 5.10 Å². The molecule has 0 amide bonds. The number of rotatable bonds is 5. The molecule has 5 rings (SSSR count). The number of hydrogen-bond acceptors (Lipinski definition) is 5. The van der Waals surface area contributed by atoms with Crippen molar-refractivity contribution in [3.8, 4) is 16.9 Å². The second kappa shape index (κ2) is 7.65. The molecule has 9 heteroatoms. The fourth-order valence-corrected chi connectivity index (χ4v) is 4.71. The monoisotopic (exact) mass is 462 g/mol. The number of aromatic nitrogens is 3. The van der Waals surface area contributed by atoms with E-state index in [-0.39, 0.29) is 22.5 Å². The molecule has 2 aromatic heterocycles. The van der Waals surface area contributed by atoms with Gasteiger partial charge in [-0.25, -0.2) is 9.37 Å². The summed E-state index contributed by atoms with van der Waals surface area (Å²) in [6, 6.07) is 4.69. The normalized spacial score (nSPS) is 20.2. The van der Waals surface area contributed by atoms with E-state index >= 15 is 0 Å². The van der Waals surface area contributed by atoms with Gasteiger partial charge in [0.2, 0.25) is 0 Å². The topological polar surface area (TPSA) is 75.2 Å². The van der Waals surface area contributed by atoms with Crippen LogP contribution in [0.4, 0.5) is 10.2 Å². The van der Waals surface area contributed by atoms with Gasteiger partial charge in [0.05, 0.1) is 29.5 Å². The summed E-state index contributed by atoms with van der Waals surface area (Å²) < 4.78 is 27.8. The molecule has 2 aliphatic rings. The third-order valence-corrected chi connectivity index (χ3v) is 6.69. The van der Waals surface area contributed by atoms with Crippen LogP contribution in [-0.2, 0) is 4.74 Å². The second-order valence-electron chi connectivity index (χ2n) is 8.19. The van der Waals surface area contributed by atoms with E-state index in [2.05, 4.69) is 10.1 Å². The Morgan fingerprint density at radius 2 is 2.10 bits per heavy atom. The second-order valence-corrected chi connectivity index (χ2v) is 8.97. The summed E-state index contributed by atoms with van der Waals surface area (Å²) >= 11 is 12.3. The average molecular weight is 463 g/mol. The fourth-order valence-electron chi connectivity index (χ4n) is 4.04. The number of anilines is 1. The van der Waals surface area contributed by atoms with Crippen LogP contribution in [0.5, 0.6) is 5.75 Å². The first kappa shape index (κ1) is 20.5. The van der Waals surface area contributed by atoms with Gasteiger partial charge in [0.1, 0.15) is 11.9 Å². The van der Waals surface area contributed by atoms with Crippen LogP contribution in [0.15, 0.2) is 36.8 Å². The number of ether oxygens (including phenoxy) is 2. The van der Waals surface area contributed by atoms with Gasteiger partial charge in [-0.05, 0) is 38.0 Å². The van der Waals surface area contributed by atoms with Gasteiger partial charge in [0, 0.05) is 40.5 Å². The minimum Gasteiger partial charge on any atom is -0.482 e. The molecular weight excluding hydrogens is 442 g/mol. The molecule has 1 saturated carbocycles. The molecule has 3 heterocycles. The van der Waals surface area contributed by atoms with Crippen LogP contribution in [0, 0.1) is 5.82 Å². The van der Waals surface area contributed by atoms with E-state index in [1.807, 2.05) is 10.9 Å². The lowest BCUT2D eigenvalue weighted by Crippen LogP contribution is -2.09. The van der Waals surface area contributed by atoms with E-state index in [0.717, 1.165) is 30.4 Å². The Hall–Kier alpha value is -2.35. The highest BCUT2D eigenvalue weighted by Gasteiger charge is 2.50. The van der Waals surface area contributed by atoms with Crippen molar-refractivity contribution in [3.05, 3.63) is 58.2 Å². The van der Waals surface area contributed by atoms with Crippen molar-refractivity contribution in [1.82, 2.24) is 14.8 Å². The van der Waals surface area contributed by atoms with E-state index < -0.39 is 11.9 Å². The Balaban J connectivity index is 1.38. The molecule has 3 aromatic rings. The maximum Gasteiger partial charge on any atom is 0.166 e. The molecule has 1 aliphatic carbocycles. The molecule has 6 nitrogen and oxygen atoms in total. The van der Waals surface area contributed by atoms with Gasteiger partial charge in [0.15, 0.2) is 11.6 Å². The zero-order chi connectivity index (χ0) is 21.8. The predicted molar refractivity (Wildman–Crippen MR) is 117 cm³/mol. The van der Waals surface area contributed by atoms with Crippen molar-refractivity contribution in [3.63, 3.8) is 0 Å². The summed E-state index contributed by atoms with van der Waals surface area (Å²) in [5.41, 5.74) is 8.18. The Bertz CT molecular complexity index is 1150. The van der Waals surface area contributed by atoms with Crippen molar-refractivity contribution in [2.75, 3.05) is 12.3 Å². The number of nitrogens with zero attached hydrogens (tertiary/aromatic N) is 3. The standard InChI is InChI=1S/C22H21Cl2FN4O2/c1-12(19-16(23)2-3-17(25)20(19)24)31-18-6-13(8-27-21(18)26)14-9-28-29(10-14)15-7-22(4-5-22)30-11-15/h2-3,6,8-10,12,15H,4-5,7,11H2,1H3,(H2,26,27)/t12-,15?/m1/s1. The van der Waals surface area contributed by atoms with E-state index in [0.29, 0.717) is 22.9 Å². The Labute approximate surface area is 189 Å². The highest BCUT2D eigenvalue weighted by molar-refractivity contribution is 6.36. The molecule has 1 aromatic carbocycles. The molecule has 2 atom stereocenters. The van der Waals surface area contributed by atoms with Crippen LogP contribution in [0.1, 0.15) is 43.9 Å². The smallest absolute Gasteiger partial charge is 0.166 e. The van der Waals surface area contributed by atoms with Crippen molar-refractivity contribution >= 4 is 29.0 Å². The Kier molecular flexibility index (Phi) is 5.07. The van der Waals surface area contributed by atoms with Gasteiger partial charge in [-0.1, -0.05) is 23.2 Å².